The number of carbonyl (C=O) groups is 1. The highest BCUT2D eigenvalue weighted by Crippen LogP contribution is 2.20. The summed E-state index contributed by atoms with van der Waals surface area (Å²) in [5, 5.41) is 9.60. The van der Waals surface area contributed by atoms with Crippen molar-refractivity contribution in [1.29, 1.82) is 0 Å². The van der Waals surface area contributed by atoms with E-state index in [1.54, 1.807) is 12.1 Å². The highest BCUT2D eigenvalue weighted by atomic mass is 35.5. The summed E-state index contributed by atoms with van der Waals surface area (Å²) < 4.78 is 5.59. The number of hydrogen-bond acceptors (Lipinski definition) is 3. The average Bonchev–Trinajstić information content (AvgIpc) is 2.79. The van der Waals surface area contributed by atoms with Crippen molar-refractivity contribution in [2.75, 3.05) is 0 Å². The Labute approximate surface area is 119 Å². The van der Waals surface area contributed by atoms with Crippen LogP contribution in [0, 0.1) is 0 Å². The van der Waals surface area contributed by atoms with Crippen molar-refractivity contribution in [2.24, 2.45) is 0 Å². The standard InChI is InChI=1S/C15H10ClNO3/c16-11-3-1-2-9(6-11)7-14-17-12-5-4-10(15(18)19)8-13(12)20-14/h1-6,8H,7H2,(H,18,19). The van der Waals surface area contributed by atoms with Crippen molar-refractivity contribution in [3.05, 3.63) is 64.5 Å². The molecule has 1 N–H and O–H groups in total. The first-order chi connectivity index (χ1) is 9.61. The minimum Gasteiger partial charge on any atom is -0.478 e. The molecule has 5 heteroatoms. The number of halogens is 1. The third-order valence-electron chi connectivity index (χ3n) is 2.92. The molecule has 0 atom stereocenters. The zero-order valence-electron chi connectivity index (χ0n) is 10.3. The van der Waals surface area contributed by atoms with Gasteiger partial charge in [0.2, 0.25) is 0 Å². The molecule has 0 radical (unpaired) electrons. The van der Waals surface area contributed by atoms with Crippen LogP contribution in [0.1, 0.15) is 21.8 Å². The lowest BCUT2D eigenvalue weighted by Crippen LogP contribution is -1.94. The highest BCUT2D eigenvalue weighted by Gasteiger charge is 2.10. The van der Waals surface area contributed by atoms with Gasteiger partial charge in [0.25, 0.3) is 0 Å². The number of fused-ring (bicyclic) bond motifs is 1. The predicted octanol–water partition coefficient (Wildman–Crippen LogP) is 3.77. The first-order valence-electron chi connectivity index (χ1n) is 5.99. The van der Waals surface area contributed by atoms with Gasteiger partial charge in [0.05, 0.1) is 5.56 Å². The van der Waals surface area contributed by atoms with Gasteiger partial charge in [-0.2, -0.15) is 0 Å². The molecule has 0 aliphatic heterocycles. The highest BCUT2D eigenvalue weighted by molar-refractivity contribution is 6.30. The van der Waals surface area contributed by atoms with Gasteiger partial charge in [-0.05, 0) is 35.9 Å². The minimum atomic E-state index is -0.986. The van der Waals surface area contributed by atoms with Crippen LogP contribution in [0.5, 0.6) is 0 Å². The summed E-state index contributed by atoms with van der Waals surface area (Å²) in [6.45, 7) is 0. The Bertz CT molecular complexity index is 795. The van der Waals surface area contributed by atoms with Crippen LogP contribution in [-0.2, 0) is 6.42 Å². The van der Waals surface area contributed by atoms with Gasteiger partial charge in [-0.1, -0.05) is 23.7 Å². The predicted molar refractivity (Wildman–Crippen MR) is 75.2 cm³/mol. The van der Waals surface area contributed by atoms with Crippen molar-refractivity contribution < 1.29 is 14.3 Å². The fourth-order valence-corrected chi connectivity index (χ4v) is 2.22. The maximum atomic E-state index is 10.9. The SMILES string of the molecule is O=C(O)c1ccc2nc(Cc3cccc(Cl)c3)oc2c1. The molecule has 1 heterocycles. The summed E-state index contributed by atoms with van der Waals surface area (Å²) in [4.78, 5) is 15.2. The van der Waals surface area contributed by atoms with Crippen molar-refractivity contribution in [3.8, 4) is 0 Å². The molecular formula is C15H10ClNO3. The molecule has 1 aromatic heterocycles. The second-order valence-corrected chi connectivity index (χ2v) is 4.84. The lowest BCUT2D eigenvalue weighted by Gasteiger charge is -1.97. The Kier molecular flexibility index (Phi) is 3.16. The molecule has 0 bridgehead atoms. The van der Waals surface area contributed by atoms with Crippen LogP contribution in [0.4, 0.5) is 0 Å². The summed E-state index contributed by atoms with van der Waals surface area (Å²) in [5.74, 6) is -0.454. The van der Waals surface area contributed by atoms with Crippen LogP contribution >= 0.6 is 11.6 Å². The lowest BCUT2D eigenvalue weighted by molar-refractivity contribution is 0.0697. The van der Waals surface area contributed by atoms with Crippen molar-refractivity contribution in [3.63, 3.8) is 0 Å². The molecule has 0 amide bonds. The summed E-state index contributed by atoms with van der Waals surface area (Å²) in [7, 11) is 0. The number of hydrogen-bond donors (Lipinski definition) is 1. The molecule has 0 aliphatic carbocycles. The topological polar surface area (TPSA) is 63.3 Å². The van der Waals surface area contributed by atoms with E-state index in [1.807, 2.05) is 18.2 Å². The molecule has 20 heavy (non-hydrogen) atoms. The van der Waals surface area contributed by atoms with Gasteiger partial charge in [-0.15, -0.1) is 0 Å². The molecule has 0 saturated heterocycles. The van der Waals surface area contributed by atoms with Gasteiger partial charge in [-0.3, -0.25) is 0 Å². The third-order valence-corrected chi connectivity index (χ3v) is 3.16. The molecule has 3 aromatic rings. The second kappa shape index (κ2) is 4.98. The van der Waals surface area contributed by atoms with Gasteiger partial charge in [0, 0.05) is 11.4 Å². The number of carboxylic acid groups (broad SMARTS) is 1. The Balaban J connectivity index is 1.95. The molecule has 4 nitrogen and oxygen atoms in total. The fraction of sp³-hybridized carbons (Fsp3) is 0.0667. The molecule has 100 valence electrons. The number of carboxylic acids is 1. The molecule has 0 spiro atoms. The summed E-state index contributed by atoms with van der Waals surface area (Å²) in [5.41, 5.74) is 2.29. The number of rotatable bonds is 3. The molecule has 3 rings (SSSR count). The van der Waals surface area contributed by atoms with Crippen LogP contribution in [0.3, 0.4) is 0 Å². The number of aromatic nitrogens is 1. The smallest absolute Gasteiger partial charge is 0.335 e. The van der Waals surface area contributed by atoms with E-state index in [1.165, 1.54) is 12.1 Å². The lowest BCUT2D eigenvalue weighted by atomic mass is 10.1. The van der Waals surface area contributed by atoms with E-state index in [-0.39, 0.29) is 5.56 Å². The summed E-state index contributed by atoms with van der Waals surface area (Å²) >= 11 is 5.93. The van der Waals surface area contributed by atoms with E-state index in [0.717, 1.165) is 5.56 Å². The second-order valence-electron chi connectivity index (χ2n) is 4.40. The van der Waals surface area contributed by atoms with E-state index >= 15 is 0 Å². The largest absolute Gasteiger partial charge is 0.478 e. The van der Waals surface area contributed by atoms with E-state index in [4.69, 9.17) is 21.1 Å². The first kappa shape index (κ1) is 12.7. The maximum Gasteiger partial charge on any atom is 0.335 e. The van der Waals surface area contributed by atoms with Gasteiger partial charge < -0.3 is 9.52 Å². The van der Waals surface area contributed by atoms with E-state index in [9.17, 15) is 4.79 Å². The summed E-state index contributed by atoms with van der Waals surface area (Å²) in [6, 6.07) is 12.1. The maximum absolute atomic E-state index is 10.9. The molecule has 0 unspecified atom stereocenters. The molecule has 0 aliphatic rings. The van der Waals surface area contributed by atoms with E-state index < -0.39 is 5.97 Å². The Morgan fingerprint density at radius 2 is 2.10 bits per heavy atom. The van der Waals surface area contributed by atoms with E-state index in [0.29, 0.717) is 28.4 Å². The van der Waals surface area contributed by atoms with Gasteiger partial charge in [0.1, 0.15) is 5.52 Å². The fourth-order valence-electron chi connectivity index (χ4n) is 2.00. The zero-order chi connectivity index (χ0) is 14.1. The van der Waals surface area contributed by atoms with Crippen LogP contribution in [0.2, 0.25) is 5.02 Å². The van der Waals surface area contributed by atoms with Gasteiger partial charge >= 0.3 is 5.97 Å². The van der Waals surface area contributed by atoms with Crippen LogP contribution in [0.15, 0.2) is 46.9 Å². The van der Waals surface area contributed by atoms with Gasteiger partial charge in [-0.25, -0.2) is 9.78 Å². The molecule has 0 fully saturated rings. The number of nitrogens with zero attached hydrogens (tertiary/aromatic N) is 1. The Hall–Kier alpha value is -2.33. The number of benzene rings is 2. The normalized spacial score (nSPS) is 10.8. The number of oxazole rings is 1. The van der Waals surface area contributed by atoms with Crippen molar-refractivity contribution in [2.45, 2.75) is 6.42 Å². The molecule has 2 aromatic carbocycles. The molecule has 0 saturated carbocycles. The molecular weight excluding hydrogens is 278 g/mol. The average molecular weight is 288 g/mol. The monoisotopic (exact) mass is 287 g/mol. The van der Waals surface area contributed by atoms with Crippen LogP contribution in [-0.4, -0.2) is 16.1 Å². The van der Waals surface area contributed by atoms with Gasteiger partial charge in [0.15, 0.2) is 11.5 Å². The quantitative estimate of drug-likeness (QED) is 0.796. The van der Waals surface area contributed by atoms with Crippen LogP contribution < -0.4 is 0 Å². The zero-order valence-corrected chi connectivity index (χ0v) is 11.1. The van der Waals surface area contributed by atoms with Crippen LogP contribution in [0.25, 0.3) is 11.1 Å². The Morgan fingerprint density at radius 3 is 2.85 bits per heavy atom. The third kappa shape index (κ3) is 2.51. The minimum absolute atomic E-state index is 0.183. The number of aromatic carboxylic acids is 1. The first-order valence-corrected chi connectivity index (χ1v) is 6.37. The van der Waals surface area contributed by atoms with Crippen molar-refractivity contribution in [1.82, 2.24) is 4.98 Å². The van der Waals surface area contributed by atoms with E-state index in [2.05, 4.69) is 4.98 Å². The Morgan fingerprint density at radius 1 is 1.25 bits per heavy atom. The van der Waals surface area contributed by atoms with Crippen molar-refractivity contribution >= 4 is 28.7 Å². The summed E-state index contributed by atoms with van der Waals surface area (Å²) in [6.07, 6.45) is 0.512.